The van der Waals surface area contributed by atoms with E-state index in [1.54, 1.807) is 4.68 Å². The molecule has 0 radical (unpaired) electrons. The van der Waals surface area contributed by atoms with Crippen LogP contribution in [0.2, 0.25) is 0 Å². The van der Waals surface area contributed by atoms with Crippen LogP contribution in [-0.4, -0.2) is 90.1 Å². The molecule has 0 amide bonds. The zero-order valence-electron chi connectivity index (χ0n) is 18.6. The molecule has 2 aromatic rings. The van der Waals surface area contributed by atoms with Crippen molar-refractivity contribution >= 4 is 16.0 Å². The first-order chi connectivity index (χ1) is 15.9. The van der Waals surface area contributed by atoms with Crippen molar-refractivity contribution < 1.29 is 27.4 Å². The van der Waals surface area contributed by atoms with E-state index in [2.05, 4.69) is 10.3 Å². The van der Waals surface area contributed by atoms with E-state index in [1.807, 2.05) is 41.4 Å². The average Bonchev–Trinajstić information content (AvgIpc) is 3.48. The third-order valence-electron chi connectivity index (χ3n) is 5.71. The van der Waals surface area contributed by atoms with Crippen molar-refractivity contribution in [1.29, 1.82) is 0 Å². The largest absolute Gasteiger partial charge is 0.468 e. The second-order valence-electron chi connectivity index (χ2n) is 8.05. The molecule has 33 heavy (non-hydrogen) atoms. The maximum atomic E-state index is 13.1. The molecule has 4 rings (SSSR count). The number of carbonyl (C=O) groups is 1. The van der Waals surface area contributed by atoms with E-state index >= 15 is 0 Å². The summed E-state index contributed by atoms with van der Waals surface area (Å²) in [6, 6.07) is 8.27. The lowest BCUT2D eigenvalue weighted by atomic mass is 10.2. The first kappa shape index (κ1) is 23.8. The standard InChI is InChI=1S/C21H29N5O6S/c1-30-21(27)19-16-24(9-12-33(28,29)26(19)13-17-5-3-2-4-6-17)14-18-15-25(23-22-18)8-7-20-31-10-11-32-20/h2-6,15,19-20H,7-14,16H2,1H3. The number of methoxy groups -OCH3 is 1. The van der Waals surface area contributed by atoms with Crippen LogP contribution in [0.25, 0.3) is 0 Å². The van der Waals surface area contributed by atoms with Gasteiger partial charge in [-0.15, -0.1) is 5.10 Å². The lowest BCUT2D eigenvalue weighted by molar-refractivity contribution is -0.145. The summed E-state index contributed by atoms with van der Waals surface area (Å²) in [5.74, 6) is -0.681. The third kappa shape index (κ3) is 6.15. The average molecular weight is 480 g/mol. The van der Waals surface area contributed by atoms with Crippen LogP contribution in [0.3, 0.4) is 0 Å². The van der Waals surface area contributed by atoms with Crippen molar-refractivity contribution in [2.24, 2.45) is 0 Å². The smallest absolute Gasteiger partial charge is 0.325 e. The van der Waals surface area contributed by atoms with Crippen LogP contribution in [0.1, 0.15) is 17.7 Å². The summed E-state index contributed by atoms with van der Waals surface area (Å²) in [7, 11) is -2.41. The van der Waals surface area contributed by atoms with E-state index in [4.69, 9.17) is 14.2 Å². The number of aryl methyl sites for hydroxylation is 1. The highest BCUT2D eigenvalue weighted by Gasteiger charge is 2.39. The van der Waals surface area contributed by atoms with Gasteiger partial charge in [0.1, 0.15) is 6.04 Å². The lowest BCUT2D eigenvalue weighted by Crippen LogP contribution is -2.48. The number of esters is 1. The van der Waals surface area contributed by atoms with E-state index in [1.165, 1.54) is 11.4 Å². The van der Waals surface area contributed by atoms with Crippen molar-refractivity contribution in [2.45, 2.75) is 38.4 Å². The van der Waals surface area contributed by atoms with E-state index in [0.717, 1.165) is 5.56 Å². The highest BCUT2D eigenvalue weighted by molar-refractivity contribution is 7.89. The molecule has 0 spiro atoms. The maximum Gasteiger partial charge on any atom is 0.325 e. The van der Waals surface area contributed by atoms with E-state index in [-0.39, 0.29) is 31.7 Å². The second kappa shape index (κ2) is 10.7. The number of hydrogen-bond donors (Lipinski definition) is 0. The molecule has 0 aliphatic carbocycles. The van der Waals surface area contributed by atoms with E-state index < -0.39 is 22.0 Å². The molecule has 2 aliphatic heterocycles. The number of hydrogen-bond acceptors (Lipinski definition) is 9. The van der Waals surface area contributed by atoms with Gasteiger partial charge < -0.3 is 14.2 Å². The van der Waals surface area contributed by atoms with Crippen LogP contribution in [0.5, 0.6) is 0 Å². The first-order valence-electron chi connectivity index (χ1n) is 10.9. The Morgan fingerprint density at radius 2 is 1.94 bits per heavy atom. The molecule has 2 fully saturated rings. The van der Waals surface area contributed by atoms with Crippen molar-refractivity contribution in [3.8, 4) is 0 Å². The van der Waals surface area contributed by atoms with Gasteiger partial charge in [-0.05, 0) is 5.56 Å². The molecular weight excluding hydrogens is 450 g/mol. The Kier molecular flexibility index (Phi) is 7.71. The van der Waals surface area contributed by atoms with Crippen LogP contribution >= 0.6 is 0 Å². The summed E-state index contributed by atoms with van der Waals surface area (Å²) in [4.78, 5) is 14.5. The number of sulfonamides is 1. The fourth-order valence-corrected chi connectivity index (χ4v) is 5.60. The third-order valence-corrected chi connectivity index (χ3v) is 7.51. The van der Waals surface area contributed by atoms with Gasteiger partial charge in [0.2, 0.25) is 10.0 Å². The van der Waals surface area contributed by atoms with Crippen molar-refractivity contribution in [3.63, 3.8) is 0 Å². The molecule has 1 aromatic carbocycles. The molecule has 0 saturated carbocycles. The molecular formula is C21H29N5O6S. The van der Waals surface area contributed by atoms with Crippen LogP contribution in [-0.2, 0) is 48.7 Å². The molecule has 11 nitrogen and oxygen atoms in total. The molecule has 180 valence electrons. The Hall–Kier alpha value is -2.38. The van der Waals surface area contributed by atoms with Gasteiger partial charge in [0, 0.05) is 45.3 Å². The summed E-state index contributed by atoms with van der Waals surface area (Å²) < 4.78 is 45.0. The first-order valence-corrected chi connectivity index (χ1v) is 12.5. The molecule has 1 atom stereocenters. The van der Waals surface area contributed by atoms with Gasteiger partial charge >= 0.3 is 5.97 Å². The van der Waals surface area contributed by atoms with Crippen LogP contribution in [0, 0.1) is 0 Å². The highest BCUT2D eigenvalue weighted by Crippen LogP contribution is 2.21. The minimum absolute atomic E-state index is 0.0994. The number of nitrogens with zero attached hydrogens (tertiary/aromatic N) is 5. The molecule has 0 N–H and O–H groups in total. The van der Waals surface area contributed by atoms with Gasteiger partial charge in [0.25, 0.3) is 0 Å². The minimum Gasteiger partial charge on any atom is -0.468 e. The molecule has 0 bridgehead atoms. The lowest BCUT2D eigenvalue weighted by Gasteiger charge is -2.28. The Labute approximate surface area is 193 Å². The molecule has 1 unspecified atom stereocenters. The highest BCUT2D eigenvalue weighted by atomic mass is 32.2. The quantitative estimate of drug-likeness (QED) is 0.491. The van der Waals surface area contributed by atoms with Gasteiger partial charge in [-0.3, -0.25) is 14.4 Å². The number of rotatable bonds is 8. The van der Waals surface area contributed by atoms with Gasteiger partial charge in [-0.25, -0.2) is 8.42 Å². The summed E-state index contributed by atoms with van der Waals surface area (Å²) in [5, 5.41) is 8.35. The van der Waals surface area contributed by atoms with Crippen molar-refractivity contribution in [3.05, 3.63) is 47.8 Å². The number of benzene rings is 1. The molecule has 12 heteroatoms. The Balaban J connectivity index is 1.45. The summed E-state index contributed by atoms with van der Waals surface area (Å²) in [6.45, 7) is 2.77. The topological polar surface area (TPSA) is 116 Å². The molecule has 2 saturated heterocycles. The Bertz CT molecular complexity index is 1020. The maximum absolute atomic E-state index is 13.1. The van der Waals surface area contributed by atoms with Gasteiger partial charge in [-0.1, -0.05) is 35.5 Å². The van der Waals surface area contributed by atoms with E-state index in [9.17, 15) is 13.2 Å². The molecule has 1 aromatic heterocycles. The SMILES string of the molecule is COC(=O)C1CN(Cc2cn(CCC3OCCO3)nn2)CCS(=O)(=O)N1Cc1ccccc1. The zero-order valence-corrected chi connectivity index (χ0v) is 19.4. The van der Waals surface area contributed by atoms with Crippen LogP contribution < -0.4 is 0 Å². The normalized spacial score (nSPS) is 22.3. The van der Waals surface area contributed by atoms with Gasteiger partial charge in [0.05, 0.1) is 31.8 Å². The minimum atomic E-state index is -3.68. The summed E-state index contributed by atoms with van der Waals surface area (Å²) >= 11 is 0. The monoisotopic (exact) mass is 479 g/mol. The van der Waals surface area contributed by atoms with Crippen molar-refractivity contribution in [2.75, 3.05) is 39.2 Å². The second-order valence-corrected chi connectivity index (χ2v) is 10.1. The summed E-state index contributed by atoms with van der Waals surface area (Å²) in [6.07, 6.45) is 2.28. The van der Waals surface area contributed by atoms with Crippen LogP contribution in [0.4, 0.5) is 0 Å². The van der Waals surface area contributed by atoms with Gasteiger partial charge in [0.15, 0.2) is 6.29 Å². The summed E-state index contributed by atoms with van der Waals surface area (Å²) in [5.41, 5.74) is 1.50. The number of aromatic nitrogens is 3. The number of carbonyl (C=O) groups excluding carboxylic acids is 1. The zero-order chi connectivity index (χ0) is 23.3. The Morgan fingerprint density at radius 1 is 1.18 bits per heavy atom. The fraction of sp³-hybridized carbons (Fsp3) is 0.571. The van der Waals surface area contributed by atoms with E-state index in [0.29, 0.717) is 38.4 Å². The Morgan fingerprint density at radius 3 is 2.67 bits per heavy atom. The molecule has 2 aliphatic rings. The van der Waals surface area contributed by atoms with Crippen LogP contribution in [0.15, 0.2) is 36.5 Å². The van der Waals surface area contributed by atoms with Gasteiger partial charge in [-0.2, -0.15) is 4.31 Å². The predicted molar refractivity (Wildman–Crippen MR) is 117 cm³/mol. The predicted octanol–water partition coefficient (Wildman–Crippen LogP) is 0.230. The number of ether oxygens (including phenoxy) is 3. The molecule has 3 heterocycles. The fourth-order valence-electron chi connectivity index (χ4n) is 3.99. The van der Waals surface area contributed by atoms with Crippen molar-refractivity contribution in [1.82, 2.24) is 24.2 Å².